The highest BCUT2D eigenvalue weighted by molar-refractivity contribution is 5.68. The minimum Gasteiger partial charge on any atom is -0.482 e. The van der Waals surface area contributed by atoms with Crippen molar-refractivity contribution < 1.29 is 14.6 Å². The third-order valence-corrected chi connectivity index (χ3v) is 4.67. The normalized spacial score (nSPS) is 17.2. The van der Waals surface area contributed by atoms with E-state index < -0.39 is 5.97 Å². The van der Waals surface area contributed by atoms with Gasteiger partial charge in [0, 0.05) is 38.4 Å². The van der Waals surface area contributed by atoms with Crippen molar-refractivity contribution in [2.45, 2.75) is 25.4 Å². The van der Waals surface area contributed by atoms with Gasteiger partial charge in [-0.3, -0.25) is 4.90 Å². The van der Waals surface area contributed by atoms with Crippen molar-refractivity contribution in [1.29, 1.82) is 0 Å². The number of nitrogens with zero attached hydrogens (tertiary/aromatic N) is 3. The fourth-order valence-corrected chi connectivity index (χ4v) is 3.41. The zero-order valence-corrected chi connectivity index (χ0v) is 15.3. The molecule has 0 saturated carbocycles. The van der Waals surface area contributed by atoms with Crippen LogP contribution in [0.3, 0.4) is 0 Å². The van der Waals surface area contributed by atoms with Gasteiger partial charge >= 0.3 is 5.97 Å². The molecule has 1 aliphatic rings. The Kier molecular flexibility index (Phi) is 5.73. The number of carbonyl (C=O) groups is 1. The van der Waals surface area contributed by atoms with Gasteiger partial charge in [0.2, 0.25) is 0 Å². The van der Waals surface area contributed by atoms with Crippen molar-refractivity contribution >= 4 is 11.8 Å². The van der Waals surface area contributed by atoms with Crippen molar-refractivity contribution in [2.75, 3.05) is 32.1 Å². The van der Waals surface area contributed by atoms with E-state index in [4.69, 9.17) is 9.84 Å². The molecule has 1 fully saturated rings. The molecular weight excluding hydrogens is 330 g/mol. The molecule has 3 rings (SSSR count). The van der Waals surface area contributed by atoms with Crippen molar-refractivity contribution in [3.63, 3.8) is 0 Å². The summed E-state index contributed by atoms with van der Waals surface area (Å²) >= 11 is 0. The topological polar surface area (TPSA) is 65.9 Å². The van der Waals surface area contributed by atoms with Crippen LogP contribution in [0.2, 0.25) is 0 Å². The summed E-state index contributed by atoms with van der Waals surface area (Å²) < 4.78 is 5.46. The fourth-order valence-electron chi connectivity index (χ4n) is 3.41. The summed E-state index contributed by atoms with van der Waals surface area (Å²) in [7, 11) is 3.99. The number of carboxylic acids is 1. The zero-order chi connectivity index (χ0) is 18.5. The van der Waals surface area contributed by atoms with Gasteiger partial charge in [0.1, 0.15) is 11.6 Å². The summed E-state index contributed by atoms with van der Waals surface area (Å²) in [6.45, 7) is 1.43. The number of likely N-dealkylation sites (tertiary alicyclic amines) is 1. The molecule has 6 nitrogen and oxygen atoms in total. The second kappa shape index (κ2) is 8.19. The minimum absolute atomic E-state index is 0.322. The molecular formula is C20H25N3O3. The number of hydrogen-bond donors (Lipinski definition) is 1. The third-order valence-electron chi connectivity index (χ3n) is 4.67. The summed E-state index contributed by atoms with van der Waals surface area (Å²) in [5.74, 6) is 0.635. The summed E-state index contributed by atoms with van der Waals surface area (Å²) in [4.78, 5) is 19.7. The Bertz CT molecular complexity index is 763. The minimum atomic E-state index is -0.966. The van der Waals surface area contributed by atoms with Gasteiger partial charge in [-0.05, 0) is 43.1 Å². The van der Waals surface area contributed by atoms with Crippen molar-refractivity contribution in [2.24, 2.45) is 0 Å². The van der Waals surface area contributed by atoms with E-state index >= 15 is 0 Å². The lowest BCUT2D eigenvalue weighted by Crippen LogP contribution is -2.24. The molecule has 0 aliphatic carbocycles. The molecule has 0 unspecified atom stereocenters. The van der Waals surface area contributed by atoms with Crippen LogP contribution in [0.15, 0.2) is 42.6 Å². The van der Waals surface area contributed by atoms with Gasteiger partial charge < -0.3 is 14.7 Å². The van der Waals surface area contributed by atoms with Crippen LogP contribution in [0.4, 0.5) is 5.82 Å². The smallest absolute Gasteiger partial charge is 0.341 e. The van der Waals surface area contributed by atoms with Crippen molar-refractivity contribution in [1.82, 2.24) is 9.88 Å². The SMILES string of the molecule is CN(C)c1cc([C@@H]2CCCN2Cc2ccccc2OCC(=O)O)ccn1. The summed E-state index contributed by atoms with van der Waals surface area (Å²) in [5.41, 5.74) is 2.28. The number of benzene rings is 1. The Morgan fingerprint density at radius 1 is 1.35 bits per heavy atom. The first kappa shape index (κ1) is 18.2. The number of aliphatic carboxylic acids is 1. The van der Waals surface area contributed by atoms with Crippen LogP contribution in [0, 0.1) is 0 Å². The summed E-state index contributed by atoms with van der Waals surface area (Å²) in [5, 5.41) is 8.87. The standard InChI is InChI=1S/C20H25N3O3/c1-22(2)19-12-15(9-10-21-19)17-7-5-11-23(17)13-16-6-3-4-8-18(16)26-14-20(24)25/h3-4,6,8-10,12,17H,5,7,11,13-14H2,1-2H3,(H,24,25)/t17-/m0/s1. The average molecular weight is 355 g/mol. The number of pyridine rings is 1. The van der Waals surface area contributed by atoms with Crippen molar-refractivity contribution in [3.05, 3.63) is 53.7 Å². The largest absolute Gasteiger partial charge is 0.482 e. The van der Waals surface area contributed by atoms with Gasteiger partial charge in [-0.1, -0.05) is 18.2 Å². The predicted octanol–water partition coefficient (Wildman–Crippen LogP) is 2.95. The molecule has 1 saturated heterocycles. The van der Waals surface area contributed by atoms with Crippen LogP contribution < -0.4 is 9.64 Å². The van der Waals surface area contributed by atoms with Crippen LogP contribution in [0.1, 0.15) is 30.0 Å². The number of aromatic nitrogens is 1. The lowest BCUT2D eigenvalue weighted by molar-refractivity contribution is -0.139. The molecule has 1 aromatic heterocycles. The predicted molar refractivity (Wildman–Crippen MR) is 101 cm³/mol. The molecule has 1 aliphatic heterocycles. The Balaban J connectivity index is 1.77. The number of rotatable bonds is 7. The molecule has 1 atom stereocenters. The molecule has 6 heteroatoms. The lowest BCUT2D eigenvalue weighted by Gasteiger charge is -2.26. The van der Waals surface area contributed by atoms with Crippen LogP contribution in [-0.4, -0.2) is 48.2 Å². The molecule has 0 spiro atoms. The number of ether oxygens (including phenoxy) is 1. The Morgan fingerprint density at radius 3 is 2.92 bits per heavy atom. The highest BCUT2D eigenvalue weighted by Gasteiger charge is 2.27. The summed E-state index contributed by atoms with van der Waals surface area (Å²) in [6, 6.07) is 12.2. The van der Waals surface area contributed by atoms with Gasteiger partial charge in [0.05, 0.1) is 0 Å². The second-order valence-corrected chi connectivity index (χ2v) is 6.76. The van der Waals surface area contributed by atoms with E-state index in [0.717, 1.165) is 37.3 Å². The molecule has 0 radical (unpaired) electrons. The molecule has 0 amide bonds. The first-order chi connectivity index (χ1) is 12.5. The van der Waals surface area contributed by atoms with E-state index in [2.05, 4.69) is 22.0 Å². The van der Waals surface area contributed by atoms with E-state index in [9.17, 15) is 4.79 Å². The van der Waals surface area contributed by atoms with Gasteiger partial charge in [-0.25, -0.2) is 9.78 Å². The van der Waals surface area contributed by atoms with Gasteiger partial charge in [0.15, 0.2) is 6.61 Å². The first-order valence-corrected chi connectivity index (χ1v) is 8.84. The van der Waals surface area contributed by atoms with Crippen LogP contribution in [0.25, 0.3) is 0 Å². The molecule has 26 heavy (non-hydrogen) atoms. The quantitative estimate of drug-likeness (QED) is 0.824. The van der Waals surface area contributed by atoms with Gasteiger partial charge in [-0.2, -0.15) is 0 Å². The average Bonchev–Trinajstić information content (AvgIpc) is 3.09. The molecule has 1 aromatic carbocycles. The maximum Gasteiger partial charge on any atom is 0.341 e. The third kappa shape index (κ3) is 4.32. The van der Waals surface area contributed by atoms with Gasteiger partial charge in [0.25, 0.3) is 0 Å². The lowest BCUT2D eigenvalue weighted by atomic mass is 10.0. The Hall–Kier alpha value is -2.60. The van der Waals surface area contributed by atoms with E-state index in [1.165, 1.54) is 5.56 Å². The monoisotopic (exact) mass is 355 g/mol. The maximum absolute atomic E-state index is 10.8. The highest BCUT2D eigenvalue weighted by Crippen LogP contribution is 2.35. The number of para-hydroxylation sites is 1. The van der Waals surface area contributed by atoms with E-state index in [1.807, 2.05) is 49.5 Å². The molecule has 2 heterocycles. The molecule has 1 N–H and O–H groups in total. The molecule has 2 aromatic rings. The van der Waals surface area contributed by atoms with E-state index in [-0.39, 0.29) is 6.61 Å². The Morgan fingerprint density at radius 2 is 2.15 bits per heavy atom. The highest BCUT2D eigenvalue weighted by atomic mass is 16.5. The van der Waals surface area contributed by atoms with Crippen LogP contribution >= 0.6 is 0 Å². The second-order valence-electron chi connectivity index (χ2n) is 6.76. The Labute approximate surface area is 154 Å². The van der Waals surface area contributed by atoms with Crippen molar-refractivity contribution in [3.8, 4) is 5.75 Å². The maximum atomic E-state index is 10.8. The van der Waals surface area contributed by atoms with Crippen LogP contribution in [-0.2, 0) is 11.3 Å². The van der Waals surface area contributed by atoms with E-state index in [1.54, 1.807) is 0 Å². The zero-order valence-electron chi connectivity index (χ0n) is 15.3. The molecule has 138 valence electrons. The van der Waals surface area contributed by atoms with Crippen LogP contribution in [0.5, 0.6) is 5.75 Å². The van der Waals surface area contributed by atoms with Gasteiger partial charge in [-0.15, -0.1) is 0 Å². The number of carboxylic acid groups (broad SMARTS) is 1. The van der Waals surface area contributed by atoms with E-state index in [0.29, 0.717) is 11.8 Å². The molecule has 0 bridgehead atoms. The first-order valence-electron chi connectivity index (χ1n) is 8.84. The number of anilines is 1. The fraction of sp³-hybridized carbons (Fsp3) is 0.400. The number of hydrogen-bond acceptors (Lipinski definition) is 5. The summed E-state index contributed by atoms with van der Waals surface area (Å²) in [6.07, 6.45) is 4.11.